The minimum atomic E-state index is 0.881. The van der Waals surface area contributed by atoms with E-state index in [0.717, 1.165) is 24.6 Å². The summed E-state index contributed by atoms with van der Waals surface area (Å²) in [7, 11) is 0. The fraction of sp³-hybridized carbons (Fsp3) is 0.261. The highest BCUT2D eigenvalue weighted by Gasteiger charge is 2.24. The molecule has 2 aromatic carbocycles. The highest BCUT2D eigenvalue weighted by molar-refractivity contribution is 8.03. The number of thiol groups is 1. The third-order valence-electron chi connectivity index (χ3n) is 4.55. The Morgan fingerprint density at radius 1 is 1.07 bits per heavy atom. The smallest absolute Gasteiger partial charge is 0.230 e. The van der Waals surface area contributed by atoms with Crippen molar-refractivity contribution >= 4 is 35.1 Å². The number of fused-ring (bicyclic) bond motifs is 1. The van der Waals surface area contributed by atoms with Crippen molar-refractivity contribution in [2.75, 3.05) is 18.0 Å². The van der Waals surface area contributed by atoms with Gasteiger partial charge in [-0.2, -0.15) is 0 Å². The highest BCUT2D eigenvalue weighted by Crippen LogP contribution is 2.47. The molecule has 0 unspecified atom stereocenters. The van der Waals surface area contributed by atoms with Crippen LogP contribution in [-0.2, 0) is 0 Å². The summed E-state index contributed by atoms with van der Waals surface area (Å²) >= 11 is 6.38. The second-order valence-corrected chi connectivity index (χ2v) is 7.91. The van der Waals surface area contributed by atoms with Gasteiger partial charge in [0.05, 0.1) is 10.7 Å². The van der Waals surface area contributed by atoms with Gasteiger partial charge in [-0.05, 0) is 55.2 Å². The van der Waals surface area contributed by atoms with E-state index in [9.17, 15) is 0 Å². The van der Waals surface area contributed by atoms with E-state index in [0.29, 0.717) is 0 Å². The van der Waals surface area contributed by atoms with Gasteiger partial charge in [0.2, 0.25) is 5.04 Å². The van der Waals surface area contributed by atoms with Gasteiger partial charge in [-0.25, -0.2) is 4.99 Å². The van der Waals surface area contributed by atoms with E-state index in [-0.39, 0.29) is 0 Å². The van der Waals surface area contributed by atoms with Crippen molar-refractivity contribution in [3.8, 4) is 11.1 Å². The van der Waals surface area contributed by atoms with Crippen LogP contribution in [0.25, 0.3) is 11.1 Å². The van der Waals surface area contributed by atoms with Crippen LogP contribution in [0.3, 0.4) is 0 Å². The number of hydrogen-bond acceptors (Lipinski definition) is 2. The van der Waals surface area contributed by atoms with Gasteiger partial charge in [-0.3, -0.25) is 0 Å². The lowest BCUT2D eigenvalue weighted by Gasteiger charge is -2.19. The summed E-state index contributed by atoms with van der Waals surface area (Å²) in [6.07, 6.45) is 5.40. The zero-order valence-electron chi connectivity index (χ0n) is 16.2. The second kappa shape index (κ2) is 9.34. The summed E-state index contributed by atoms with van der Waals surface area (Å²) in [4.78, 5) is 6.98. The predicted molar refractivity (Wildman–Crippen MR) is 123 cm³/mol. The minimum Gasteiger partial charge on any atom is -0.335 e. The van der Waals surface area contributed by atoms with Gasteiger partial charge in [0.25, 0.3) is 0 Å². The van der Waals surface area contributed by atoms with E-state index in [1.807, 2.05) is 11.8 Å². The molecule has 0 aliphatic carbocycles. The van der Waals surface area contributed by atoms with Crippen LogP contribution in [0.2, 0.25) is 0 Å². The molecule has 0 atom stereocenters. The summed E-state index contributed by atoms with van der Waals surface area (Å²) in [5.74, 6) is 0. The molecule has 0 saturated carbocycles. The van der Waals surface area contributed by atoms with Crippen LogP contribution in [0.5, 0.6) is 0 Å². The summed E-state index contributed by atoms with van der Waals surface area (Å²) in [5.41, 5.74) is 5.09. The molecular weight excluding hydrogens is 368 g/mol. The van der Waals surface area contributed by atoms with Crippen LogP contribution >= 0.6 is 24.4 Å². The molecule has 0 fully saturated rings. The van der Waals surface area contributed by atoms with E-state index < -0.39 is 0 Å². The lowest BCUT2D eigenvalue weighted by Crippen LogP contribution is -2.70. The van der Waals surface area contributed by atoms with Gasteiger partial charge in [0.1, 0.15) is 6.54 Å². The quantitative estimate of drug-likeness (QED) is 0.412. The summed E-state index contributed by atoms with van der Waals surface area (Å²) < 4.78 is 0. The van der Waals surface area contributed by atoms with Crippen molar-refractivity contribution in [3.63, 3.8) is 0 Å². The predicted octanol–water partition coefficient (Wildman–Crippen LogP) is 4.89. The SMILES string of the molecule is CC[NH+]=C(S)/C=C(/C=C1\Sc2ccc(-c3ccccc3)cc2N1CC)CC. The number of benzene rings is 2. The third-order valence-corrected chi connectivity index (χ3v) is 5.95. The van der Waals surface area contributed by atoms with E-state index in [2.05, 4.69) is 104 Å². The van der Waals surface area contributed by atoms with Gasteiger partial charge in [-0.1, -0.05) is 67.7 Å². The van der Waals surface area contributed by atoms with Crippen molar-refractivity contribution in [1.82, 2.24) is 0 Å². The molecule has 1 aliphatic rings. The maximum Gasteiger partial charge on any atom is 0.230 e. The molecule has 4 heteroatoms. The molecule has 0 radical (unpaired) electrons. The molecular formula is C23H27N2S2+. The van der Waals surface area contributed by atoms with E-state index >= 15 is 0 Å². The van der Waals surface area contributed by atoms with Crippen molar-refractivity contribution in [2.24, 2.45) is 0 Å². The normalized spacial score (nSPS) is 16.1. The Morgan fingerprint density at radius 2 is 1.85 bits per heavy atom. The topological polar surface area (TPSA) is 17.2 Å². The summed E-state index contributed by atoms with van der Waals surface area (Å²) in [5, 5.41) is 2.20. The van der Waals surface area contributed by atoms with Crippen molar-refractivity contribution in [3.05, 3.63) is 71.3 Å². The Bertz CT molecular complexity index is 883. The molecule has 3 rings (SSSR count). The molecule has 1 heterocycles. The Hall–Kier alpha value is -1.91. The number of rotatable bonds is 6. The highest BCUT2D eigenvalue weighted by atomic mass is 32.2. The number of hydrogen-bond donors (Lipinski definition) is 2. The molecule has 1 N–H and O–H groups in total. The fourth-order valence-corrected chi connectivity index (χ4v) is 4.66. The molecule has 0 saturated heterocycles. The first-order valence-electron chi connectivity index (χ1n) is 9.53. The zero-order chi connectivity index (χ0) is 19.2. The van der Waals surface area contributed by atoms with E-state index in [1.165, 1.54) is 32.3 Å². The number of anilines is 1. The monoisotopic (exact) mass is 395 g/mol. The average Bonchev–Trinajstić information content (AvgIpc) is 3.04. The average molecular weight is 396 g/mol. The molecule has 0 amide bonds. The van der Waals surface area contributed by atoms with E-state index in [1.54, 1.807) is 0 Å². The Labute approximate surface area is 172 Å². The number of allylic oxidation sites excluding steroid dienone is 2. The lowest BCUT2D eigenvalue weighted by atomic mass is 10.0. The summed E-state index contributed by atoms with van der Waals surface area (Å²) in [6.45, 7) is 8.31. The molecule has 27 heavy (non-hydrogen) atoms. The van der Waals surface area contributed by atoms with Crippen LogP contribution in [0.1, 0.15) is 27.2 Å². The minimum absolute atomic E-state index is 0.881. The molecule has 2 nitrogen and oxygen atoms in total. The standard InChI is InChI=1S/C23H26N2S2/c1-4-17(14-22(26)24-5-2)15-23-25(6-3)20-16-19(12-13-21(20)27-23)18-10-8-7-9-11-18/h7-16H,4-6H2,1-3H3,(H,24,26)/p+1/b17-14+,23-15-. The molecule has 1 aliphatic heterocycles. The molecule has 140 valence electrons. The largest absolute Gasteiger partial charge is 0.335 e. The Balaban J connectivity index is 1.94. The first kappa shape index (κ1) is 19.8. The maximum absolute atomic E-state index is 4.53. The molecule has 0 spiro atoms. The molecule has 2 aromatic rings. The first-order valence-corrected chi connectivity index (χ1v) is 10.8. The number of nitrogens with zero attached hydrogens (tertiary/aromatic N) is 1. The maximum atomic E-state index is 4.53. The van der Waals surface area contributed by atoms with Gasteiger partial charge < -0.3 is 4.90 Å². The summed E-state index contributed by atoms with van der Waals surface area (Å²) in [6, 6.07) is 17.4. The Morgan fingerprint density at radius 3 is 2.52 bits per heavy atom. The van der Waals surface area contributed by atoms with E-state index in [4.69, 9.17) is 0 Å². The van der Waals surface area contributed by atoms with Crippen LogP contribution in [0.15, 0.2) is 76.2 Å². The molecule has 0 bridgehead atoms. The number of thioether (sulfide) groups is 1. The van der Waals surface area contributed by atoms with Crippen LogP contribution in [0.4, 0.5) is 5.69 Å². The van der Waals surface area contributed by atoms with Crippen LogP contribution in [0, 0.1) is 0 Å². The van der Waals surface area contributed by atoms with Gasteiger partial charge in [-0.15, -0.1) is 0 Å². The first-order chi connectivity index (χ1) is 13.2. The number of nitrogens with one attached hydrogen (secondary N) is 1. The lowest BCUT2D eigenvalue weighted by molar-refractivity contribution is -0.448. The fourth-order valence-electron chi connectivity index (χ4n) is 3.16. The van der Waals surface area contributed by atoms with Crippen molar-refractivity contribution < 1.29 is 4.99 Å². The van der Waals surface area contributed by atoms with Crippen LogP contribution < -0.4 is 9.89 Å². The Kier molecular flexibility index (Phi) is 6.86. The second-order valence-electron chi connectivity index (χ2n) is 6.37. The van der Waals surface area contributed by atoms with Gasteiger partial charge >= 0.3 is 0 Å². The third kappa shape index (κ3) is 4.69. The van der Waals surface area contributed by atoms with Crippen molar-refractivity contribution in [1.29, 1.82) is 0 Å². The van der Waals surface area contributed by atoms with Crippen LogP contribution in [-0.4, -0.2) is 18.1 Å². The van der Waals surface area contributed by atoms with Gasteiger partial charge in [0.15, 0.2) is 0 Å². The zero-order valence-corrected chi connectivity index (χ0v) is 17.9. The van der Waals surface area contributed by atoms with Gasteiger partial charge in [0, 0.05) is 17.5 Å². The van der Waals surface area contributed by atoms with Crippen molar-refractivity contribution in [2.45, 2.75) is 32.1 Å². The molecule has 0 aromatic heterocycles.